The highest BCUT2D eigenvalue weighted by atomic mass is 16.5. The van der Waals surface area contributed by atoms with Crippen molar-refractivity contribution in [2.24, 2.45) is 0 Å². The molecule has 18 heavy (non-hydrogen) atoms. The number of benzene rings is 1. The molecule has 102 valence electrons. The van der Waals surface area contributed by atoms with Gasteiger partial charge in [-0.15, -0.1) is 0 Å². The molecular formula is C14H23NO3. The molecule has 0 bridgehead atoms. The average Bonchev–Trinajstić information content (AvgIpc) is 2.42. The van der Waals surface area contributed by atoms with Crippen molar-refractivity contribution >= 4 is 0 Å². The normalized spacial score (nSPS) is 12.2. The van der Waals surface area contributed by atoms with E-state index in [1.54, 1.807) is 14.2 Å². The van der Waals surface area contributed by atoms with Crippen LogP contribution in [0.15, 0.2) is 18.2 Å². The topological polar surface area (TPSA) is 50.7 Å². The third-order valence-corrected chi connectivity index (χ3v) is 2.89. The van der Waals surface area contributed by atoms with Crippen LogP contribution in [0.2, 0.25) is 0 Å². The highest BCUT2D eigenvalue weighted by Gasteiger charge is 2.04. The number of aliphatic hydroxyl groups is 1. The van der Waals surface area contributed by atoms with E-state index in [4.69, 9.17) is 9.47 Å². The van der Waals surface area contributed by atoms with E-state index in [0.717, 1.165) is 30.9 Å². The molecule has 2 N–H and O–H groups in total. The Morgan fingerprint density at radius 3 is 2.56 bits per heavy atom. The fourth-order valence-corrected chi connectivity index (χ4v) is 1.68. The molecule has 0 amide bonds. The predicted octanol–water partition coefficient (Wildman–Crippen LogP) is 1.61. The lowest BCUT2D eigenvalue weighted by molar-refractivity contribution is 0.168. The summed E-state index contributed by atoms with van der Waals surface area (Å²) in [5.41, 5.74) is 1.19. The van der Waals surface area contributed by atoms with Gasteiger partial charge in [-0.3, -0.25) is 0 Å². The van der Waals surface area contributed by atoms with Gasteiger partial charge in [-0.05, 0) is 37.1 Å². The Morgan fingerprint density at radius 2 is 1.94 bits per heavy atom. The van der Waals surface area contributed by atoms with E-state index >= 15 is 0 Å². The van der Waals surface area contributed by atoms with E-state index in [2.05, 4.69) is 5.32 Å². The highest BCUT2D eigenvalue weighted by molar-refractivity contribution is 5.42. The summed E-state index contributed by atoms with van der Waals surface area (Å²) < 4.78 is 10.4. The zero-order chi connectivity index (χ0) is 13.4. The molecule has 0 aliphatic rings. The molecule has 0 aliphatic heterocycles. The summed E-state index contributed by atoms with van der Waals surface area (Å²) >= 11 is 0. The minimum absolute atomic E-state index is 0.254. The molecule has 0 fully saturated rings. The quantitative estimate of drug-likeness (QED) is 0.691. The van der Waals surface area contributed by atoms with Crippen LogP contribution in [0.25, 0.3) is 0 Å². The SMILES string of the molecule is CCC(O)CNCCc1ccc(OC)c(OC)c1. The summed E-state index contributed by atoms with van der Waals surface area (Å²) in [5, 5.41) is 12.6. The van der Waals surface area contributed by atoms with E-state index in [-0.39, 0.29) is 6.10 Å². The van der Waals surface area contributed by atoms with Crippen molar-refractivity contribution in [3.05, 3.63) is 23.8 Å². The standard InChI is InChI=1S/C14H23NO3/c1-4-12(16)10-15-8-7-11-5-6-13(17-2)14(9-11)18-3/h5-6,9,12,15-16H,4,7-8,10H2,1-3H3. The minimum Gasteiger partial charge on any atom is -0.493 e. The van der Waals surface area contributed by atoms with Crippen molar-refractivity contribution in [2.45, 2.75) is 25.9 Å². The number of aliphatic hydroxyl groups excluding tert-OH is 1. The summed E-state index contributed by atoms with van der Waals surface area (Å²) in [6.45, 7) is 3.46. The molecule has 1 unspecified atom stereocenters. The molecule has 0 saturated carbocycles. The second-order valence-electron chi connectivity index (χ2n) is 4.21. The lowest BCUT2D eigenvalue weighted by Crippen LogP contribution is -2.27. The molecule has 0 radical (unpaired) electrons. The Morgan fingerprint density at radius 1 is 1.22 bits per heavy atom. The lowest BCUT2D eigenvalue weighted by Gasteiger charge is -2.11. The van der Waals surface area contributed by atoms with Crippen molar-refractivity contribution in [1.29, 1.82) is 0 Å². The van der Waals surface area contributed by atoms with Gasteiger partial charge >= 0.3 is 0 Å². The van der Waals surface area contributed by atoms with Gasteiger partial charge in [0.1, 0.15) is 0 Å². The Balaban J connectivity index is 2.43. The van der Waals surface area contributed by atoms with Gasteiger partial charge in [0.15, 0.2) is 11.5 Å². The molecule has 4 nitrogen and oxygen atoms in total. The third-order valence-electron chi connectivity index (χ3n) is 2.89. The van der Waals surface area contributed by atoms with Crippen LogP contribution in [0.4, 0.5) is 0 Å². The maximum atomic E-state index is 9.41. The van der Waals surface area contributed by atoms with Gasteiger partial charge < -0.3 is 19.9 Å². The molecule has 0 heterocycles. The van der Waals surface area contributed by atoms with Crippen molar-refractivity contribution in [3.8, 4) is 11.5 Å². The van der Waals surface area contributed by atoms with Gasteiger partial charge in [0.05, 0.1) is 20.3 Å². The minimum atomic E-state index is -0.254. The molecule has 1 aromatic rings. The lowest BCUT2D eigenvalue weighted by atomic mass is 10.1. The maximum absolute atomic E-state index is 9.41. The first-order valence-corrected chi connectivity index (χ1v) is 6.31. The molecule has 0 spiro atoms. The van der Waals surface area contributed by atoms with Gasteiger partial charge in [-0.1, -0.05) is 13.0 Å². The van der Waals surface area contributed by atoms with Crippen molar-refractivity contribution in [2.75, 3.05) is 27.3 Å². The smallest absolute Gasteiger partial charge is 0.160 e. The number of methoxy groups -OCH3 is 2. The largest absolute Gasteiger partial charge is 0.493 e. The second-order valence-corrected chi connectivity index (χ2v) is 4.21. The molecule has 0 saturated heterocycles. The second kappa shape index (κ2) is 7.95. The van der Waals surface area contributed by atoms with Gasteiger partial charge in [-0.25, -0.2) is 0 Å². The van der Waals surface area contributed by atoms with E-state index < -0.39 is 0 Å². The van der Waals surface area contributed by atoms with Crippen LogP contribution in [-0.2, 0) is 6.42 Å². The van der Waals surface area contributed by atoms with Crippen molar-refractivity contribution in [1.82, 2.24) is 5.32 Å². The van der Waals surface area contributed by atoms with E-state index in [9.17, 15) is 5.11 Å². The molecule has 0 aromatic heterocycles. The summed E-state index contributed by atoms with van der Waals surface area (Å²) in [6.07, 6.45) is 1.43. The highest BCUT2D eigenvalue weighted by Crippen LogP contribution is 2.27. The predicted molar refractivity (Wildman–Crippen MR) is 72.4 cm³/mol. The van der Waals surface area contributed by atoms with Crippen LogP contribution in [0.1, 0.15) is 18.9 Å². The number of ether oxygens (including phenoxy) is 2. The summed E-state index contributed by atoms with van der Waals surface area (Å²) in [4.78, 5) is 0. The fraction of sp³-hybridized carbons (Fsp3) is 0.571. The molecule has 1 rings (SSSR count). The van der Waals surface area contributed by atoms with Crippen LogP contribution in [0.5, 0.6) is 11.5 Å². The maximum Gasteiger partial charge on any atom is 0.160 e. The monoisotopic (exact) mass is 253 g/mol. The number of hydrogen-bond acceptors (Lipinski definition) is 4. The molecular weight excluding hydrogens is 230 g/mol. The Labute approximate surface area is 109 Å². The zero-order valence-corrected chi connectivity index (χ0v) is 11.4. The molecule has 1 aromatic carbocycles. The van der Waals surface area contributed by atoms with Crippen LogP contribution in [0.3, 0.4) is 0 Å². The van der Waals surface area contributed by atoms with E-state index in [0.29, 0.717) is 6.54 Å². The summed E-state index contributed by atoms with van der Waals surface area (Å²) in [5.74, 6) is 1.50. The number of nitrogens with one attached hydrogen (secondary N) is 1. The Bertz CT molecular complexity index is 355. The third kappa shape index (κ3) is 4.55. The fourth-order valence-electron chi connectivity index (χ4n) is 1.68. The van der Waals surface area contributed by atoms with Crippen LogP contribution < -0.4 is 14.8 Å². The summed E-state index contributed by atoms with van der Waals surface area (Å²) in [6, 6.07) is 5.92. The Kier molecular flexibility index (Phi) is 6.54. The van der Waals surface area contributed by atoms with Crippen molar-refractivity contribution < 1.29 is 14.6 Å². The van der Waals surface area contributed by atoms with E-state index in [1.165, 1.54) is 5.56 Å². The van der Waals surface area contributed by atoms with Gasteiger partial charge in [0, 0.05) is 6.54 Å². The van der Waals surface area contributed by atoms with Gasteiger partial charge in [0.2, 0.25) is 0 Å². The average molecular weight is 253 g/mol. The first-order valence-electron chi connectivity index (χ1n) is 6.31. The van der Waals surface area contributed by atoms with Crippen LogP contribution in [-0.4, -0.2) is 38.5 Å². The van der Waals surface area contributed by atoms with Crippen LogP contribution in [0, 0.1) is 0 Å². The van der Waals surface area contributed by atoms with Gasteiger partial charge in [-0.2, -0.15) is 0 Å². The molecule has 0 aliphatic carbocycles. The molecule has 4 heteroatoms. The van der Waals surface area contributed by atoms with E-state index in [1.807, 2.05) is 25.1 Å². The van der Waals surface area contributed by atoms with Crippen LogP contribution >= 0.6 is 0 Å². The van der Waals surface area contributed by atoms with Gasteiger partial charge in [0.25, 0.3) is 0 Å². The molecule has 1 atom stereocenters. The zero-order valence-electron chi connectivity index (χ0n) is 11.4. The first kappa shape index (κ1) is 14.8. The number of rotatable bonds is 8. The number of hydrogen-bond donors (Lipinski definition) is 2. The summed E-state index contributed by atoms with van der Waals surface area (Å²) in [7, 11) is 3.27. The van der Waals surface area contributed by atoms with Crippen molar-refractivity contribution in [3.63, 3.8) is 0 Å². The Hall–Kier alpha value is -1.26. The first-order chi connectivity index (χ1) is 8.71.